The lowest BCUT2D eigenvalue weighted by molar-refractivity contribution is 0.0485. The molecule has 0 rings (SSSR count). The summed E-state index contributed by atoms with van der Waals surface area (Å²) in [4.78, 5) is 0. The Morgan fingerprint density at radius 1 is 0.733 bits per heavy atom. The smallest absolute Gasteiger partial charge is 0.0701 e. The number of hydrogen-bond acceptors (Lipinski definition) is 4. The Bertz CT molecular complexity index is 100. The van der Waals surface area contributed by atoms with Gasteiger partial charge in [-0.15, -0.1) is 0 Å². The van der Waals surface area contributed by atoms with Crippen LogP contribution in [0, 0.1) is 0 Å². The molecular weight excluding hydrogens is 194 g/mol. The maximum absolute atomic E-state index is 5.36. The van der Waals surface area contributed by atoms with Gasteiger partial charge in [0, 0.05) is 26.3 Å². The number of hydrogen-bond donors (Lipinski definition) is 1. The van der Waals surface area contributed by atoms with E-state index < -0.39 is 0 Å². The molecule has 0 saturated carbocycles. The predicted octanol–water partition coefficient (Wildman–Crippen LogP) is 1.06. The van der Waals surface area contributed by atoms with Crippen molar-refractivity contribution in [2.24, 2.45) is 0 Å². The van der Waals surface area contributed by atoms with Crippen molar-refractivity contribution in [1.29, 1.82) is 0 Å². The van der Waals surface area contributed by atoms with Crippen LogP contribution in [0.3, 0.4) is 0 Å². The molecule has 0 aliphatic rings. The quantitative estimate of drug-likeness (QED) is 0.498. The van der Waals surface area contributed by atoms with Crippen molar-refractivity contribution in [2.75, 3.05) is 52.7 Å². The van der Waals surface area contributed by atoms with Crippen LogP contribution in [0.2, 0.25) is 0 Å². The molecule has 92 valence electrons. The molecule has 1 N–H and O–H groups in total. The molecule has 0 unspecified atom stereocenters. The molecule has 0 aliphatic carbocycles. The molecule has 0 aromatic carbocycles. The lowest BCUT2D eigenvalue weighted by Crippen LogP contribution is -2.24. The standard InChI is InChI=1S/C11H25NO3/c1-3-7-14-10-11-15-9-6-12-5-8-13-4-2/h12H,3-11H2,1-2H3. The first-order valence-electron chi connectivity index (χ1n) is 5.85. The highest BCUT2D eigenvalue weighted by Gasteiger charge is 1.90. The van der Waals surface area contributed by atoms with Crippen molar-refractivity contribution in [3.05, 3.63) is 0 Å². The summed E-state index contributed by atoms with van der Waals surface area (Å²) in [7, 11) is 0. The topological polar surface area (TPSA) is 39.7 Å². The second-order valence-corrected chi connectivity index (χ2v) is 3.17. The lowest BCUT2D eigenvalue weighted by Gasteiger charge is -2.06. The Morgan fingerprint density at radius 2 is 1.33 bits per heavy atom. The van der Waals surface area contributed by atoms with E-state index in [0.29, 0.717) is 13.2 Å². The minimum absolute atomic E-state index is 0.688. The lowest BCUT2D eigenvalue weighted by atomic mass is 10.5. The van der Waals surface area contributed by atoms with E-state index in [4.69, 9.17) is 14.2 Å². The second kappa shape index (κ2) is 13.8. The van der Waals surface area contributed by atoms with E-state index in [-0.39, 0.29) is 0 Å². The van der Waals surface area contributed by atoms with Crippen LogP contribution in [0.5, 0.6) is 0 Å². The van der Waals surface area contributed by atoms with Crippen molar-refractivity contribution in [2.45, 2.75) is 20.3 Å². The summed E-state index contributed by atoms with van der Waals surface area (Å²) >= 11 is 0. The van der Waals surface area contributed by atoms with E-state index in [2.05, 4.69) is 12.2 Å². The molecule has 0 heterocycles. The SMILES string of the molecule is CCCOCCOCCNCCOCC. The van der Waals surface area contributed by atoms with E-state index in [1.165, 1.54) is 0 Å². The second-order valence-electron chi connectivity index (χ2n) is 3.17. The zero-order valence-electron chi connectivity index (χ0n) is 10.1. The Morgan fingerprint density at radius 3 is 1.93 bits per heavy atom. The summed E-state index contributed by atoms with van der Waals surface area (Å²) in [6.07, 6.45) is 1.07. The summed E-state index contributed by atoms with van der Waals surface area (Å²) in [5, 5.41) is 3.23. The van der Waals surface area contributed by atoms with Gasteiger partial charge < -0.3 is 19.5 Å². The van der Waals surface area contributed by atoms with Crippen LogP contribution in [0.4, 0.5) is 0 Å². The molecule has 0 bridgehead atoms. The molecule has 15 heavy (non-hydrogen) atoms. The summed E-state index contributed by atoms with van der Waals surface area (Å²) < 4.78 is 15.8. The van der Waals surface area contributed by atoms with Crippen LogP contribution in [0.15, 0.2) is 0 Å². The molecule has 0 aromatic heterocycles. The van der Waals surface area contributed by atoms with Gasteiger partial charge in [0.15, 0.2) is 0 Å². The minimum atomic E-state index is 0.688. The molecule has 0 aromatic rings. The van der Waals surface area contributed by atoms with Gasteiger partial charge in [-0.1, -0.05) is 6.92 Å². The largest absolute Gasteiger partial charge is 0.380 e. The summed E-state index contributed by atoms with van der Waals surface area (Å²) in [6, 6.07) is 0. The Labute approximate surface area is 93.3 Å². The average molecular weight is 219 g/mol. The fraction of sp³-hybridized carbons (Fsp3) is 1.00. The zero-order valence-corrected chi connectivity index (χ0v) is 10.1. The van der Waals surface area contributed by atoms with Crippen molar-refractivity contribution in [1.82, 2.24) is 5.32 Å². The molecule has 0 aliphatic heterocycles. The highest BCUT2D eigenvalue weighted by atomic mass is 16.5. The number of nitrogens with one attached hydrogen (secondary N) is 1. The fourth-order valence-electron chi connectivity index (χ4n) is 1.02. The molecule has 4 heteroatoms. The highest BCUT2D eigenvalue weighted by molar-refractivity contribution is 4.44. The zero-order chi connectivity index (χ0) is 11.2. The Hall–Kier alpha value is -0.160. The molecule has 0 atom stereocenters. The maximum Gasteiger partial charge on any atom is 0.0701 e. The molecule has 0 fully saturated rings. The monoisotopic (exact) mass is 219 g/mol. The minimum Gasteiger partial charge on any atom is -0.380 e. The molecular formula is C11H25NO3. The van der Waals surface area contributed by atoms with Gasteiger partial charge in [-0.05, 0) is 13.3 Å². The Balaban J connectivity index is 2.81. The Kier molecular flexibility index (Phi) is 13.7. The molecule has 0 radical (unpaired) electrons. The van der Waals surface area contributed by atoms with Crippen LogP contribution in [0.25, 0.3) is 0 Å². The number of ether oxygens (including phenoxy) is 3. The predicted molar refractivity (Wildman–Crippen MR) is 61.3 cm³/mol. The summed E-state index contributed by atoms with van der Waals surface area (Å²) in [5.74, 6) is 0. The van der Waals surface area contributed by atoms with Gasteiger partial charge in [0.25, 0.3) is 0 Å². The summed E-state index contributed by atoms with van der Waals surface area (Å²) in [6.45, 7) is 10.4. The van der Waals surface area contributed by atoms with Gasteiger partial charge in [-0.3, -0.25) is 0 Å². The number of rotatable bonds is 12. The van der Waals surface area contributed by atoms with Gasteiger partial charge >= 0.3 is 0 Å². The molecule has 4 nitrogen and oxygen atoms in total. The fourth-order valence-corrected chi connectivity index (χ4v) is 1.02. The summed E-state index contributed by atoms with van der Waals surface area (Å²) in [5.41, 5.74) is 0. The van der Waals surface area contributed by atoms with Gasteiger partial charge in [0.1, 0.15) is 0 Å². The third kappa shape index (κ3) is 13.8. The van der Waals surface area contributed by atoms with Crippen LogP contribution in [-0.2, 0) is 14.2 Å². The van der Waals surface area contributed by atoms with Crippen molar-refractivity contribution < 1.29 is 14.2 Å². The highest BCUT2D eigenvalue weighted by Crippen LogP contribution is 1.81. The molecule has 0 amide bonds. The third-order valence-corrected chi connectivity index (χ3v) is 1.77. The first-order chi connectivity index (χ1) is 7.41. The van der Waals surface area contributed by atoms with Crippen molar-refractivity contribution >= 4 is 0 Å². The molecule has 0 saturated heterocycles. The van der Waals surface area contributed by atoms with E-state index in [9.17, 15) is 0 Å². The maximum atomic E-state index is 5.36. The average Bonchev–Trinajstić information content (AvgIpc) is 2.26. The van der Waals surface area contributed by atoms with Crippen LogP contribution < -0.4 is 5.32 Å². The van der Waals surface area contributed by atoms with Gasteiger partial charge in [-0.25, -0.2) is 0 Å². The van der Waals surface area contributed by atoms with Crippen LogP contribution >= 0.6 is 0 Å². The third-order valence-electron chi connectivity index (χ3n) is 1.77. The molecule has 0 spiro atoms. The van der Waals surface area contributed by atoms with Crippen molar-refractivity contribution in [3.63, 3.8) is 0 Å². The van der Waals surface area contributed by atoms with Gasteiger partial charge in [0.2, 0.25) is 0 Å². The van der Waals surface area contributed by atoms with Crippen LogP contribution in [0.1, 0.15) is 20.3 Å². The van der Waals surface area contributed by atoms with E-state index >= 15 is 0 Å². The van der Waals surface area contributed by atoms with Gasteiger partial charge in [0.05, 0.1) is 26.4 Å². The van der Waals surface area contributed by atoms with Crippen LogP contribution in [-0.4, -0.2) is 52.7 Å². The van der Waals surface area contributed by atoms with E-state index in [1.54, 1.807) is 0 Å². The first kappa shape index (κ1) is 14.8. The van der Waals surface area contributed by atoms with E-state index in [1.807, 2.05) is 6.92 Å². The van der Waals surface area contributed by atoms with Gasteiger partial charge in [-0.2, -0.15) is 0 Å². The van der Waals surface area contributed by atoms with Crippen molar-refractivity contribution in [3.8, 4) is 0 Å². The van der Waals surface area contributed by atoms with E-state index in [0.717, 1.165) is 45.9 Å². The first-order valence-corrected chi connectivity index (χ1v) is 5.85. The normalized spacial score (nSPS) is 10.8.